The summed E-state index contributed by atoms with van der Waals surface area (Å²) in [6.07, 6.45) is 5.54. The number of nitriles is 1. The van der Waals surface area contributed by atoms with Gasteiger partial charge in [0, 0.05) is 12.1 Å². The molecule has 2 unspecified atom stereocenters. The smallest absolute Gasteiger partial charge is 0.161 e. The molecule has 0 amide bonds. The van der Waals surface area contributed by atoms with E-state index >= 15 is 0 Å². The minimum Gasteiger partial charge on any atom is -0.504 e. The highest BCUT2D eigenvalue weighted by Crippen LogP contribution is 2.44. The van der Waals surface area contributed by atoms with E-state index in [1.807, 2.05) is 6.07 Å². The lowest BCUT2D eigenvalue weighted by Gasteiger charge is -2.42. The van der Waals surface area contributed by atoms with Crippen LogP contribution in [0.25, 0.3) is 0 Å². The molecule has 1 fully saturated rings. The molecule has 2 atom stereocenters. The first-order valence-electron chi connectivity index (χ1n) is 11.2. The number of phenols is 1. The van der Waals surface area contributed by atoms with Crippen LogP contribution in [-0.4, -0.2) is 50.5 Å². The first-order valence-corrected chi connectivity index (χ1v) is 11.2. The van der Waals surface area contributed by atoms with Crippen molar-refractivity contribution in [2.24, 2.45) is 0 Å². The molecule has 2 aliphatic rings. The monoisotopic (exact) mass is 436 g/mol. The Bertz CT molecular complexity index is 998. The van der Waals surface area contributed by atoms with Gasteiger partial charge in [0.25, 0.3) is 0 Å². The van der Waals surface area contributed by atoms with E-state index < -0.39 is 5.41 Å². The largest absolute Gasteiger partial charge is 0.504 e. The Morgan fingerprint density at radius 2 is 1.59 bits per heavy atom. The van der Waals surface area contributed by atoms with Gasteiger partial charge in [0.05, 0.1) is 32.8 Å². The maximum atomic E-state index is 10.3. The third kappa shape index (κ3) is 3.86. The zero-order valence-corrected chi connectivity index (χ0v) is 19.4. The molecule has 0 aliphatic heterocycles. The molecule has 0 bridgehead atoms. The second-order valence-electron chi connectivity index (χ2n) is 9.03. The molecule has 170 valence electrons. The lowest BCUT2D eigenvalue weighted by Crippen LogP contribution is -2.47. The van der Waals surface area contributed by atoms with Crippen LogP contribution >= 0.6 is 0 Å². The van der Waals surface area contributed by atoms with Crippen LogP contribution in [0.4, 0.5) is 0 Å². The highest BCUT2D eigenvalue weighted by Gasteiger charge is 2.41. The Kier molecular flexibility index (Phi) is 6.21. The van der Waals surface area contributed by atoms with Crippen LogP contribution in [0.3, 0.4) is 0 Å². The van der Waals surface area contributed by atoms with Crippen molar-refractivity contribution in [2.45, 2.75) is 56.0 Å². The lowest BCUT2D eigenvalue weighted by atomic mass is 9.68. The molecule has 0 aromatic heterocycles. The number of phenolic OH excluding ortho intramolecular Hbond substituents is 1. The van der Waals surface area contributed by atoms with Crippen LogP contribution in [0, 0.1) is 11.3 Å². The number of rotatable bonds is 6. The van der Waals surface area contributed by atoms with E-state index in [9.17, 15) is 10.4 Å². The van der Waals surface area contributed by atoms with Gasteiger partial charge in [0.1, 0.15) is 0 Å². The van der Waals surface area contributed by atoms with Gasteiger partial charge < -0.3 is 19.3 Å². The van der Waals surface area contributed by atoms with Crippen molar-refractivity contribution >= 4 is 0 Å². The predicted molar refractivity (Wildman–Crippen MR) is 123 cm³/mol. The summed E-state index contributed by atoms with van der Waals surface area (Å²) >= 11 is 0. The Hall–Kier alpha value is -2.91. The molecular weight excluding hydrogens is 404 g/mol. The summed E-state index contributed by atoms with van der Waals surface area (Å²) in [5, 5.41) is 20.5. The van der Waals surface area contributed by atoms with Crippen molar-refractivity contribution in [3.05, 3.63) is 47.0 Å². The number of likely N-dealkylation sites (N-methyl/N-ethyl adjacent to an activating group) is 1. The van der Waals surface area contributed by atoms with Crippen molar-refractivity contribution in [3.8, 4) is 29.1 Å². The molecule has 0 spiro atoms. The Morgan fingerprint density at radius 1 is 0.969 bits per heavy atom. The average Bonchev–Trinajstić information content (AvgIpc) is 3.25. The van der Waals surface area contributed by atoms with Crippen molar-refractivity contribution in [1.82, 2.24) is 4.90 Å². The van der Waals surface area contributed by atoms with Crippen molar-refractivity contribution in [1.29, 1.82) is 5.26 Å². The molecule has 6 nitrogen and oxygen atoms in total. The van der Waals surface area contributed by atoms with Gasteiger partial charge in [0.2, 0.25) is 0 Å². The fourth-order valence-corrected chi connectivity index (χ4v) is 5.52. The molecule has 6 heteroatoms. The van der Waals surface area contributed by atoms with Gasteiger partial charge in [-0.1, -0.05) is 6.07 Å². The van der Waals surface area contributed by atoms with Gasteiger partial charge in [-0.3, -0.25) is 4.90 Å². The van der Waals surface area contributed by atoms with E-state index in [0.29, 0.717) is 17.8 Å². The van der Waals surface area contributed by atoms with E-state index in [4.69, 9.17) is 14.2 Å². The first-order chi connectivity index (χ1) is 15.4. The Balaban J connectivity index is 1.54. The summed E-state index contributed by atoms with van der Waals surface area (Å²) in [6, 6.07) is 12.9. The van der Waals surface area contributed by atoms with Crippen LogP contribution in [0.5, 0.6) is 23.0 Å². The van der Waals surface area contributed by atoms with Gasteiger partial charge in [-0.2, -0.15) is 5.26 Å². The molecule has 0 radical (unpaired) electrons. The van der Waals surface area contributed by atoms with E-state index in [1.165, 1.54) is 18.2 Å². The average molecular weight is 437 g/mol. The summed E-state index contributed by atoms with van der Waals surface area (Å²) in [7, 11) is 7.06. The molecule has 1 saturated carbocycles. The summed E-state index contributed by atoms with van der Waals surface area (Å²) in [4.78, 5) is 2.47. The standard InChI is InChI=1S/C26H32N2O4/c1-28(21-10-17-12-24(31-3)25(32-4)13-18(17)11-21)20-6-5-9-26(15-20,16-27)19-7-8-23(30-2)22(29)14-19/h7-8,12-14,20-21,29H,5-6,9-11,15H2,1-4H3. The van der Waals surface area contributed by atoms with Crippen LogP contribution in [0.2, 0.25) is 0 Å². The molecule has 1 N–H and O–H groups in total. The second-order valence-corrected chi connectivity index (χ2v) is 9.03. The number of hydrogen-bond donors (Lipinski definition) is 1. The van der Waals surface area contributed by atoms with Gasteiger partial charge in [-0.25, -0.2) is 0 Å². The molecule has 2 aliphatic carbocycles. The summed E-state index contributed by atoms with van der Waals surface area (Å²) in [6.45, 7) is 0. The van der Waals surface area contributed by atoms with Crippen molar-refractivity contribution in [3.63, 3.8) is 0 Å². The van der Waals surface area contributed by atoms with Crippen LogP contribution in [0.15, 0.2) is 30.3 Å². The van der Waals surface area contributed by atoms with Gasteiger partial charge >= 0.3 is 0 Å². The van der Waals surface area contributed by atoms with Gasteiger partial charge in [0.15, 0.2) is 23.0 Å². The third-order valence-corrected chi connectivity index (χ3v) is 7.44. The predicted octanol–water partition coefficient (Wildman–Crippen LogP) is 4.22. The number of benzene rings is 2. The van der Waals surface area contributed by atoms with Gasteiger partial charge in [-0.15, -0.1) is 0 Å². The minimum atomic E-state index is -0.598. The fourth-order valence-electron chi connectivity index (χ4n) is 5.52. The first kappa shape index (κ1) is 22.3. The number of nitrogens with zero attached hydrogens (tertiary/aromatic N) is 2. The third-order valence-electron chi connectivity index (χ3n) is 7.44. The van der Waals surface area contributed by atoms with Gasteiger partial charge in [-0.05, 0) is 86.5 Å². The fraction of sp³-hybridized carbons (Fsp3) is 0.500. The number of hydrogen-bond acceptors (Lipinski definition) is 6. The van der Waals surface area contributed by atoms with E-state index in [0.717, 1.165) is 55.6 Å². The zero-order chi connectivity index (χ0) is 22.9. The van der Waals surface area contributed by atoms with E-state index in [2.05, 4.69) is 30.1 Å². The number of methoxy groups -OCH3 is 3. The molecule has 0 heterocycles. The Labute approximate surface area is 190 Å². The number of ether oxygens (including phenoxy) is 3. The maximum Gasteiger partial charge on any atom is 0.161 e. The minimum absolute atomic E-state index is 0.0873. The SMILES string of the molecule is COc1ccc(C2(C#N)CCCC(N(C)C3Cc4cc(OC)c(OC)cc4C3)C2)cc1O. The Morgan fingerprint density at radius 3 is 2.12 bits per heavy atom. The number of aromatic hydroxyl groups is 1. The normalized spacial score (nSPS) is 22.9. The quantitative estimate of drug-likeness (QED) is 0.731. The molecule has 2 aromatic carbocycles. The molecule has 2 aromatic rings. The van der Waals surface area contributed by atoms with Crippen LogP contribution < -0.4 is 14.2 Å². The second kappa shape index (κ2) is 8.91. The van der Waals surface area contributed by atoms with Crippen LogP contribution in [0.1, 0.15) is 42.4 Å². The highest BCUT2D eigenvalue weighted by atomic mass is 16.5. The van der Waals surface area contributed by atoms with Crippen molar-refractivity contribution in [2.75, 3.05) is 28.4 Å². The molecule has 0 saturated heterocycles. The van der Waals surface area contributed by atoms with E-state index in [1.54, 1.807) is 26.4 Å². The summed E-state index contributed by atoms with van der Waals surface area (Å²) < 4.78 is 16.2. The van der Waals surface area contributed by atoms with Crippen LogP contribution in [-0.2, 0) is 18.3 Å². The molecule has 32 heavy (non-hydrogen) atoms. The van der Waals surface area contributed by atoms with Crippen molar-refractivity contribution < 1.29 is 19.3 Å². The molecule has 4 rings (SSSR count). The number of fused-ring (bicyclic) bond motifs is 1. The molecular formula is C26H32N2O4. The highest BCUT2D eigenvalue weighted by molar-refractivity contribution is 5.50. The summed E-state index contributed by atoms with van der Waals surface area (Å²) in [5.41, 5.74) is 2.89. The summed E-state index contributed by atoms with van der Waals surface area (Å²) in [5.74, 6) is 2.06. The lowest BCUT2D eigenvalue weighted by molar-refractivity contribution is 0.118. The van der Waals surface area contributed by atoms with E-state index in [-0.39, 0.29) is 5.75 Å². The maximum absolute atomic E-state index is 10.3. The zero-order valence-electron chi connectivity index (χ0n) is 19.4. The topological polar surface area (TPSA) is 75.0 Å².